The molecule has 34 heavy (non-hydrogen) atoms. The first-order valence-corrected chi connectivity index (χ1v) is 12.6. The number of aliphatic hydroxyl groups is 1. The Morgan fingerprint density at radius 1 is 1.29 bits per heavy atom. The first kappa shape index (κ1) is 22.9. The number of carbonyl (C=O) groups is 1. The second-order valence-electron chi connectivity index (χ2n) is 9.27. The average molecular weight is 481 g/mol. The SMILES string of the molecule is CC(O)c1cccc2[nH]c(CC3CCCCN3C(=O)C3=CS[C@@](C)(c4ccc(F)cc4)N3)nc12. The molecule has 2 aliphatic heterocycles. The zero-order valence-corrected chi connectivity index (χ0v) is 20.2. The van der Waals surface area contributed by atoms with E-state index in [-0.39, 0.29) is 17.8 Å². The van der Waals surface area contributed by atoms with Gasteiger partial charge in [0.05, 0.1) is 17.1 Å². The average Bonchev–Trinajstić information content (AvgIpc) is 3.43. The molecular weight excluding hydrogens is 451 g/mol. The molecule has 0 bridgehead atoms. The third-order valence-corrected chi connectivity index (χ3v) is 7.93. The van der Waals surface area contributed by atoms with Crippen molar-refractivity contribution in [2.75, 3.05) is 6.54 Å². The van der Waals surface area contributed by atoms with Crippen LogP contribution in [0.2, 0.25) is 0 Å². The summed E-state index contributed by atoms with van der Waals surface area (Å²) in [4.78, 5) is 23.1. The van der Waals surface area contributed by atoms with Gasteiger partial charge in [-0.15, -0.1) is 0 Å². The molecule has 8 heteroatoms. The van der Waals surface area contributed by atoms with Crippen LogP contribution in [0.5, 0.6) is 0 Å². The lowest BCUT2D eigenvalue weighted by molar-refractivity contribution is -0.131. The van der Waals surface area contributed by atoms with Crippen LogP contribution in [0.3, 0.4) is 0 Å². The molecule has 3 heterocycles. The molecule has 1 fully saturated rings. The number of nitrogens with one attached hydrogen (secondary N) is 2. The zero-order valence-electron chi connectivity index (χ0n) is 19.3. The standard InChI is InChI=1S/C26H29FN4O2S/c1-16(32)20-7-5-8-21-24(20)29-23(28-21)14-19-6-3-4-13-31(19)25(33)22-15-34-26(2,30-22)17-9-11-18(27)12-10-17/h5,7-12,15-16,19,30,32H,3-4,6,13-14H2,1-2H3,(H,28,29)/t16?,19?,26-/m0/s1. The monoisotopic (exact) mass is 480 g/mol. The highest BCUT2D eigenvalue weighted by molar-refractivity contribution is 8.03. The number of H-pyrrole nitrogens is 1. The molecule has 1 saturated heterocycles. The summed E-state index contributed by atoms with van der Waals surface area (Å²) in [6.07, 6.45) is 3.00. The number of fused-ring (bicyclic) bond motifs is 1. The summed E-state index contributed by atoms with van der Waals surface area (Å²) in [5, 5.41) is 15.4. The molecule has 0 aliphatic carbocycles. The Morgan fingerprint density at radius 3 is 2.85 bits per heavy atom. The van der Waals surface area contributed by atoms with E-state index in [9.17, 15) is 14.3 Å². The van der Waals surface area contributed by atoms with Gasteiger partial charge in [0.25, 0.3) is 5.91 Å². The van der Waals surface area contributed by atoms with E-state index >= 15 is 0 Å². The van der Waals surface area contributed by atoms with E-state index < -0.39 is 11.0 Å². The topological polar surface area (TPSA) is 81.2 Å². The van der Waals surface area contributed by atoms with E-state index in [1.54, 1.807) is 19.1 Å². The molecule has 0 spiro atoms. The largest absolute Gasteiger partial charge is 0.389 e. The lowest BCUT2D eigenvalue weighted by atomic mass is 9.98. The van der Waals surface area contributed by atoms with Gasteiger partial charge in [-0.05, 0) is 56.9 Å². The molecule has 2 aliphatic rings. The predicted molar refractivity (Wildman–Crippen MR) is 132 cm³/mol. The molecule has 1 aromatic heterocycles. The number of benzene rings is 2. The number of hydrogen-bond donors (Lipinski definition) is 3. The van der Waals surface area contributed by atoms with Crippen molar-refractivity contribution in [1.29, 1.82) is 0 Å². The van der Waals surface area contributed by atoms with Gasteiger partial charge in [0.1, 0.15) is 22.2 Å². The van der Waals surface area contributed by atoms with Crippen LogP contribution in [0.15, 0.2) is 53.6 Å². The van der Waals surface area contributed by atoms with Gasteiger partial charge >= 0.3 is 0 Å². The highest BCUT2D eigenvalue weighted by atomic mass is 32.2. The fourth-order valence-electron chi connectivity index (χ4n) is 4.90. The maximum atomic E-state index is 13.5. The van der Waals surface area contributed by atoms with Crippen LogP contribution < -0.4 is 5.32 Å². The minimum Gasteiger partial charge on any atom is -0.389 e. The molecule has 3 atom stereocenters. The van der Waals surface area contributed by atoms with E-state index in [1.165, 1.54) is 23.9 Å². The van der Waals surface area contributed by atoms with Gasteiger partial charge in [-0.25, -0.2) is 9.37 Å². The number of halogens is 1. The number of thioether (sulfide) groups is 1. The van der Waals surface area contributed by atoms with Gasteiger partial charge in [0.15, 0.2) is 0 Å². The molecule has 178 valence electrons. The maximum Gasteiger partial charge on any atom is 0.270 e. The number of rotatable bonds is 5. The quantitative estimate of drug-likeness (QED) is 0.492. The van der Waals surface area contributed by atoms with E-state index in [2.05, 4.69) is 10.3 Å². The summed E-state index contributed by atoms with van der Waals surface area (Å²) >= 11 is 1.53. The molecular formula is C26H29FN4O2S. The normalized spacial score (nSPS) is 23.6. The van der Waals surface area contributed by atoms with Crippen molar-refractivity contribution in [3.05, 3.63) is 76.3 Å². The number of amides is 1. The van der Waals surface area contributed by atoms with Crippen LogP contribution in [0, 0.1) is 5.82 Å². The molecule has 3 N–H and O–H groups in total. The molecule has 2 aromatic carbocycles. The third-order valence-electron chi connectivity index (χ3n) is 6.77. The Balaban J connectivity index is 1.33. The van der Waals surface area contributed by atoms with Crippen molar-refractivity contribution in [2.45, 2.75) is 56.5 Å². The molecule has 0 saturated carbocycles. The molecule has 3 aromatic rings. The molecule has 6 nitrogen and oxygen atoms in total. The highest BCUT2D eigenvalue weighted by Gasteiger charge is 2.37. The maximum absolute atomic E-state index is 13.5. The van der Waals surface area contributed by atoms with Crippen molar-refractivity contribution in [1.82, 2.24) is 20.2 Å². The lowest BCUT2D eigenvalue weighted by Crippen LogP contribution is -2.48. The third kappa shape index (κ3) is 4.32. The summed E-state index contributed by atoms with van der Waals surface area (Å²) < 4.78 is 13.4. The van der Waals surface area contributed by atoms with Crippen molar-refractivity contribution in [3.63, 3.8) is 0 Å². The first-order chi connectivity index (χ1) is 16.3. The molecule has 0 radical (unpaired) electrons. The number of hydrogen-bond acceptors (Lipinski definition) is 5. The van der Waals surface area contributed by atoms with Gasteiger partial charge in [0.2, 0.25) is 0 Å². The van der Waals surface area contributed by atoms with E-state index in [0.717, 1.165) is 47.2 Å². The van der Waals surface area contributed by atoms with Gasteiger partial charge in [0, 0.05) is 30.0 Å². The Labute approximate surface area is 202 Å². The van der Waals surface area contributed by atoms with Crippen molar-refractivity contribution >= 4 is 28.7 Å². The Bertz CT molecular complexity index is 1240. The highest BCUT2D eigenvalue weighted by Crippen LogP contribution is 2.41. The molecule has 2 unspecified atom stereocenters. The zero-order chi connectivity index (χ0) is 23.9. The van der Waals surface area contributed by atoms with Gasteiger partial charge < -0.3 is 20.3 Å². The summed E-state index contributed by atoms with van der Waals surface area (Å²) in [7, 11) is 0. The number of aliphatic hydroxyl groups excluding tert-OH is 1. The number of likely N-dealkylation sites (tertiary alicyclic amines) is 1. The second-order valence-corrected chi connectivity index (χ2v) is 10.6. The second kappa shape index (κ2) is 9.07. The van der Waals surface area contributed by atoms with Crippen LogP contribution in [0.4, 0.5) is 4.39 Å². The van der Waals surface area contributed by atoms with Gasteiger partial charge in [-0.3, -0.25) is 4.79 Å². The number of imidazole rings is 1. The lowest BCUT2D eigenvalue weighted by Gasteiger charge is -2.36. The van der Waals surface area contributed by atoms with Crippen LogP contribution in [0.1, 0.15) is 56.2 Å². The van der Waals surface area contributed by atoms with Crippen LogP contribution >= 0.6 is 11.8 Å². The number of carbonyl (C=O) groups excluding carboxylic acids is 1. The molecule has 1 amide bonds. The minimum absolute atomic E-state index is 0.0104. The number of aromatic amines is 1. The first-order valence-electron chi connectivity index (χ1n) is 11.7. The predicted octanol–water partition coefficient (Wildman–Crippen LogP) is 4.73. The number of nitrogens with zero attached hydrogens (tertiary/aromatic N) is 2. The number of piperidine rings is 1. The summed E-state index contributed by atoms with van der Waals surface area (Å²) in [5.41, 5.74) is 3.98. The fraction of sp³-hybridized carbons (Fsp3) is 0.385. The number of para-hydroxylation sites is 1. The van der Waals surface area contributed by atoms with Crippen molar-refractivity contribution < 1.29 is 14.3 Å². The van der Waals surface area contributed by atoms with E-state index in [1.807, 2.05) is 35.4 Å². The van der Waals surface area contributed by atoms with Crippen LogP contribution in [-0.4, -0.2) is 38.5 Å². The summed E-state index contributed by atoms with van der Waals surface area (Å²) in [6, 6.07) is 12.2. The van der Waals surface area contributed by atoms with Crippen molar-refractivity contribution in [3.8, 4) is 0 Å². The fourth-order valence-corrected chi connectivity index (χ4v) is 5.86. The Kier molecular flexibility index (Phi) is 6.12. The Hall–Kier alpha value is -2.84. The van der Waals surface area contributed by atoms with E-state index in [0.29, 0.717) is 18.7 Å². The summed E-state index contributed by atoms with van der Waals surface area (Å²) in [6.45, 7) is 4.45. The number of aromatic nitrogens is 2. The summed E-state index contributed by atoms with van der Waals surface area (Å²) in [5.74, 6) is 0.539. The van der Waals surface area contributed by atoms with Crippen LogP contribution in [-0.2, 0) is 16.1 Å². The Morgan fingerprint density at radius 2 is 2.09 bits per heavy atom. The van der Waals surface area contributed by atoms with E-state index in [4.69, 9.17) is 4.98 Å². The van der Waals surface area contributed by atoms with Gasteiger partial charge in [-0.1, -0.05) is 36.0 Å². The minimum atomic E-state index is -0.596. The van der Waals surface area contributed by atoms with Gasteiger partial charge in [-0.2, -0.15) is 0 Å². The van der Waals surface area contributed by atoms with Crippen LogP contribution in [0.25, 0.3) is 11.0 Å². The molecule has 5 rings (SSSR count). The van der Waals surface area contributed by atoms with Crippen molar-refractivity contribution in [2.24, 2.45) is 0 Å². The smallest absolute Gasteiger partial charge is 0.270 e.